The topological polar surface area (TPSA) is 51.0 Å². The van der Waals surface area contributed by atoms with Crippen LogP contribution in [-0.4, -0.2) is 33.0 Å². The largest absolute Gasteiger partial charge is 0.286 e. The third-order valence-electron chi connectivity index (χ3n) is 5.52. The van der Waals surface area contributed by atoms with Gasteiger partial charge in [0.25, 0.3) is 0 Å². The van der Waals surface area contributed by atoms with Crippen molar-refractivity contribution < 1.29 is 9.18 Å². The van der Waals surface area contributed by atoms with E-state index in [9.17, 15) is 9.18 Å². The molecule has 1 amide bonds. The molecule has 4 aromatic rings. The number of nitrogens with zero attached hydrogens (tertiary/aromatic N) is 4. The van der Waals surface area contributed by atoms with Crippen LogP contribution in [0.15, 0.2) is 47.4 Å². The molecular formula is C25H26ClFN4OS2. The van der Waals surface area contributed by atoms with Gasteiger partial charge in [-0.05, 0) is 81.0 Å². The molecule has 34 heavy (non-hydrogen) atoms. The van der Waals surface area contributed by atoms with E-state index in [1.165, 1.54) is 23.5 Å². The SMILES string of the molecule is Cc1cc(C)n(CCN(C(=O)CCCSc2ccc(F)cc2)c2nc3c(C)c(Cl)ccc3s2)n1. The number of carbonyl (C=O) groups excluding carboxylic acids is 1. The molecule has 0 bridgehead atoms. The molecule has 0 saturated heterocycles. The van der Waals surface area contributed by atoms with E-state index in [1.54, 1.807) is 28.8 Å². The normalized spacial score (nSPS) is 11.3. The summed E-state index contributed by atoms with van der Waals surface area (Å²) in [6, 6.07) is 12.3. The van der Waals surface area contributed by atoms with Crippen LogP contribution in [0, 0.1) is 26.6 Å². The van der Waals surface area contributed by atoms with Gasteiger partial charge in [0.2, 0.25) is 5.91 Å². The van der Waals surface area contributed by atoms with E-state index in [-0.39, 0.29) is 11.7 Å². The molecule has 0 aliphatic heterocycles. The Kier molecular flexibility index (Phi) is 7.91. The van der Waals surface area contributed by atoms with Crippen molar-refractivity contribution in [3.63, 3.8) is 0 Å². The molecule has 0 aliphatic carbocycles. The number of aryl methyl sites for hydroxylation is 3. The van der Waals surface area contributed by atoms with Crippen molar-refractivity contribution in [1.29, 1.82) is 0 Å². The van der Waals surface area contributed by atoms with E-state index in [1.807, 2.05) is 43.7 Å². The van der Waals surface area contributed by atoms with Crippen molar-refractivity contribution in [1.82, 2.24) is 14.8 Å². The van der Waals surface area contributed by atoms with E-state index in [4.69, 9.17) is 16.6 Å². The number of hydrogen-bond donors (Lipinski definition) is 0. The lowest BCUT2D eigenvalue weighted by Gasteiger charge is -2.20. The third kappa shape index (κ3) is 5.79. The first-order valence-electron chi connectivity index (χ1n) is 11.1. The van der Waals surface area contributed by atoms with Crippen LogP contribution in [0.25, 0.3) is 10.2 Å². The number of amides is 1. The van der Waals surface area contributed by atoms with Crippen LogP contribution < -0.4 is 4.90 Å². The Morgan fingerprint density at radius 3 is 2.65 bits per heavy atom. The number of carbonyl (C=O) groups is 1. The molecule has 0 radical (unpaired) electrons. The van der Waals surface area contributed by atoms with Gasteiger partial charge in [-0.25, -0.2) is 9.37 Å². The van der Waals surface area contributed by atoms with Gasteiger partial charge in [0.05, 0.1) is 22.5 Å². The fourth-order valence-corrected chi connectivity index (χ4v) is 5.78. The molecule has 0 N–H and O–H groups in total. The standard InChI is InChI=1S/C25H26ClFN4OS2/c1-16-15-17(2)31(29-16)13-12-30(25-28-24-18(3)21(26)10-11-22(24)34-25)23(32)5-4-14-33-20-8-6-19(27)7-9-20/h6-11,15H,4-5,12-14H2,1-3H3. The third-order valence-corrected chi connectivity index (χ3v) is 8.08. The van der Waals surface area contributed by atoms with Gasteiger partial charge in [-0.1, -0.05) is 22.9 Å². The molecule has 0 aliphatic rings. The van der Waals surface area contributed by atoms with Crippen molar-refractivity contribution in [2.75, 3.05) is 17.2 Å². The molecule has 5 nitrogen and oxygen atoms in total. The maximum atomic E-state index is 13.3. The fraction of sp³-hybridized carbons (Fsp3) is 0.320. The van der Waals surface area contributed by atoms with Crippen LogP contribution in [0.5, 0.6) is 0 Å². The minimum absolute atomic E-state index is 0.0315. The van der Waals surface area contributed by atoms with E-state index in [0.717, 1.165) is 37.8 Å². The van der Waals surface area contributed by atoms with E-state index >= 15 is 0 Å². The highest BCUT2D eigenvalue weighted by Gasteiger charge is 2.21. The van der Waals surface area contributed by atoms with Gasteiger partial charge in [-0.2, -0.15) is 5.10 Å². The van der Waals surface area contributed by atoms with Gasteiger partial charge >= 0.3 is 0 Å². The first-order valence-corrected chi connectivity index (χ1v) is 13.3. The van der Waals surface area contributed by atoms with Crippen LogP contribution in [0.2, 0.25) is 5.02 Å². The van der Waals surface area contributed by atoms with Crippen LogP contribution in [0.3, 0.4) is 0 Å². The molecule has 0 fully saturated rings. The highest BCUT2D eigenvalue weighted by molar-refractivity contribution is 7.99. The molecule has 2 aromatic heterocycles. The lowest BCUT2D eigenvalue weighted by molar-refractivity contribution is -0.118. The van der Waals surface area contributed by atoms with Gasteiger partial charge in [0, 0.05) is 28.6 Å². The quantitative estimate of drug-likeness (QED) is 0.181. The minimum Gasteiger partial charge on any atom is -0.286 e. The minimum atomic E-state index is -0.245. The lowest BCUT2D eigenvalue weighted by atomic mass is 10.2. The number of halogens is 2. The van der Waals surface area contributed by atoms with Crippen molar-refractivity contribution in [2.24, 2.45) is 0 Å². The number of thioether (sulfide) groups is 1. The number of rotatable bonds is 9. The summed E-state index contributed by atoms with van der Waals surface area (Å²) < 4.78 is 16.0. The van der Waals surface area contributed by atoms with Gasteiger partial charge in [-0.3, -0.25) is 14.4 Å². The molecule has 2 aromatic carbocycles. The molecule has 0 unspecified atom stereocenters. The van der Waals surface area contributed by atoms with Crippen LogP contribution in [0.4, 0.5) is 9.52 Å². The van der Waals surface area contributed by atoms with Crippen LogP contribution in [-0.2, 0) is 11.3 Å². The highest BCUT2D eigenvalue weighted by Crippen LogP contribution is 2.34. The second-order valence-corrected chi connectivity index (χ2v) is 10.7. The summed E-state index contributed by atoms with van der Waals surface area (Å²) in [7, 11) is 0. The maximum absolute atomic E-state index is 13.3. The Morgan fingerprint density at radius 1 is 1.18 bits per heavy atom. The van der Waals surface area contributed by atoms with Gasteiger partial charge < -0.3 is 0 Å². The number of benzene rings is 2. The van der Waals surface area contributed by atoms with Gasteiger partial charge in [0.15, 0.2) is 5.13 Å². The zero-order valence-corrected chi connectivity index (χ0v) is 21.7. The summed E-state index contributed by atoms with van der Waals surface area (Å²) in [5.41, 5.74) is 3.78. The molecule has 0 atom stereocenters. The van der Waals surface area contributed by atoms with Crippen LogP contribution in [0.1, 0.15) is 29.8 Å². The summed E-state index contributed by atoms with van der Waals surface area (Å²) in [5.74, 6) is 0.561. The number of hydrogen-bond acceptors (Lipinski definition) is 5. The molecule has 0 spiro atoms. The first-order chi connectivity index (χ1) is 16.3. The van der Waals surface area contributed by atoms with E-state index in [2.05, 4.69) is 5.10 Å². The predicted octanol–water partition coefficient (Wildman–Crippen LogP) is 6.82. The Bertz CT molecular complexity index is 1300. The maximum Gasteiger partial charge on any atom is 0.228 e. The Morgan fingerprint density at radius 2 is 1.94 bits per heavy atom. The molecule has 4 rings (SSSR count). The van der Waals surface area contributed by atoms with Gasteiger partial charge in [0.1, 0.15) is 5.82 Å². The fourth-order valence-electron chi connectivity index (χ4n) is 3.71. The smallest absolute Gasteiger partial charge is 0.228 e. The molecular weight excluding hydrogens is 491 g/mol. The molecule has 178 valence electrons. The van der Waals surface area contributed by atoms with E-state index < -0.39 is 0 Å². The summed E-state index contributed by atoms with van der Waals surface area (Å²) in [6.45, 7) is 7.00. The van der Waals surface area contributed by atoms with Gasteiger partial charge in [-0.15, -0.1) is 11.8 Å². The summed E-state index contributed by atoms with van der Waals surface area (Å²) in [6.07, 6.45) is 1.12. The molecule has 9 heteroatoms. The number of aromatic nitrogens is 3. The Balaban J connectivity index is 1.48. The predicted molar refractivity (Wildman–Crippen MR) is 140 cm³/mol. The van der Waals surface area contributed by atoms with Crippen LogP contribution >= 0.6 is 34.7 Å². The molecule has 2 heterocycles. The zero-order chi connectivity index (χ0) is 24.2. The monoisotopic (exact) mass is 516 g/mol. The number of fused-ring (bicyclic) bond motifs is 1. The van der Waals surface area contributed by atoms with Crippen molar-refractivity contribution in [2.45, 2.75) is 45.1 Å². The number of anilines is 1. The summed E-state index contributed by atoms with van der Waals surface area (Å²) in [5, 5.41) is 5.88. The van der Waals surface area contributed by atoms with Crippen molar-refractivity contribution in [3.8, 4) is 0 Å². The molecule has 0 saturated carbocycles. The Hall–Kier alpha value is -2.42. The number of thiazole rings is 1. The summed E-state index contributed by atoms with van der Waals surface area (Å²) in [4.78, 5) is 20.9. The zero-order valence-electron chi connectivity index (χ0n) is 19.3. The van der Waals surface area contributed by atoms with E-state index in [0.29, 0.717) is 36.1 Å². The lowest BCUT2D eigenvalue weighted by Crippen LogP contribution is -2.34. The van der Waals surface area contributed by atoms with Crippen molar-refractivity contribution >= 4 is 56.0 Å². The average Bonchev–Trinajstić information content (AvgIpc) is 3.38. The second-order valence-electron chi connectivity index (χ2n) is 8.12. The first kappa shape index (κ1) is 24.7. The average molecular weight is 517 g/mol. The Labute approximate surface area is 211 Å². The second kappa shape index (κ2) is 10.9. The van der Waals surface area contributed by atoms with Crippen molar-refractivity contribution in [3.05, 3.63) is 70.3 Å². The highest BCUT2D eigenvalue weighted by atomic mass is 35.5. The summed E-state index contributed by atoms with van der Waals surface area (Å²) >= 11 is 9.42.